The Labute approximate surface area is 152 Å². The number of likely N-dealkylation sites (tertiary alicyclic amines) is 1. The van der Waals surface area contributed by atoms with E-state index >= 15 is 0 Å². The number of aryl methyl sites for hydroxylation is 1. The number of hydrogen-bond donors (Lipinski definition) is 1. The third-order valence-corrected chi connectivity index (χ3v) is 4.92. The minimum atomic E-state index is 0.160. The van der Waals surface area contributed by atoms with Crippen LogP contribution in [0.3, 0.4) is 0 Å². The Morgan fingerprint density at radius 3 is 3.00 bits per heavy atom. The van der Waals surface area contributed by atoms with Crippen LogP contribution in [0, 0.1) is 0 Å². The number of nitrogens with zero attached hydrogens (tertiary/aromatic N) is 6. The second kappa shape index (κ2) is 7.35. The molecular weight excluding hydrogens is 330 g/mol. The maximum absolute atomic E-state index is 5.62. The molecule has 1 aliphatic rings. The van der Waals surface area contributed by atoms with Crippen molar-refractivity contribution in [3.63, 3.8) is 0 Å². The fraction of sp³-hybridized carbons (Fsp3) is 0.444. The number of H-pyrrole nitrogens is 1. The number of hydrogen-bond acceptors (Lipinski definition) is 6. The van der Waals surface area contributed by atoms with Crippen LogP contribution in [-0.4, -0.2) is 54.4 Å². The number of aromatic nitrogens is 6. The molecule has 0 aromatic carbocycles. The number of imidazole rings is 1. The lowest BCUT2D eigenvalue weighted by Crippen LogP contribution is -2.27. The van der Waals surface area contributed by atoms with E-state index in [9.17, 15) is 0 Å². The van der Waals surface area contributed by atoms with E-state index in [0.29, 0.717) is 0 Å². The lowest BCUT2D eigenvalue weighted by molar-refractivity contribution is 0.106. The van der Waals surface area contributed by atoms with Crippen LogP contribution < -0.4 is 0 Å². The van der Waals surface area contributed by atoms with E-state index in [0.717, 1.165) is 49.0 Å². The van der Waals surface area contributed by atoms with E-state index in [1.165, 1.54) is 0 Å². The van der Waals surface area contributed by atoms with Gasteiger partial charge < -0.3 is 9.72 Å². The zero-order valence-corrected chi connectivity index (χ0v) is 15.0. The zero-order chi connectivity index (χ0) is 17.9. The number of aromatic amines is 1. The molecule has 1 saturated heterocycles. The van der Waals surface area contributed by atoms with Crippen molar-refractivity contribution in [1.82, 2.24) is 34.6 Å². The van der Waals surface area contributed by atoms with Gasteiger partial charge in [0.2, 0.25) is 0 Å². The van der Waals surface area contributed by atoms with Crippen molar-refractivity contribution in [2.24, 2.45) is 0 Å². The monoisotopic (exact) mass is 353 g/mol. The molecule has 8 heteroatoms. The van der Waals surface area contributed by atoms with Gasteiger partial charge in [-0.1, -0.05) is 0 Å². The van der Waals surface area contributed by atoms with Crippen molar-refractivity contribution < 1.29 is 4.74 Å². The van der Waals surface area contributed by atoms with Crippen molar-refractivity contribution in [2.75, 3.05) is 13.7 Å². The molecule has 0 aliphatic carbocycles. The Balaban J connectivity index is 1.58. The largest absolute Gasteiger partial charge is 0.380 e. The zero-order valence-electron chi connectivity index (χ0n) is 15.0. The van der Waals surface area contributed by atoms with Crippen LogP contribution in [0.1, 0.15) is 31.0 Å². The van der Waals surface area contributed by atoms with E-state index in [2.05, 4.69) is 36.9 Å². The molecule has 8 nitrogen and oxygen atoms in total. The predicted molar refractivity (Wildman–Crippen MR) is 96.1 cm³/mol. The van der Waals surface area contributed by atoms with Gasteiger partial charge in [-0.25, -0.2) is 14.6 Å². The minimum absolute atomic E-state index is 0.160. The maximum Gasteiger partial charge on any atom is 0.141 e. The van der Waals surface area contributed by atoms with Gasteiger partial charge in [-0.2, -0.15) is 5.10 Å². The molecule has 0 saturated carbocycles. The Hall–Kier alpha value is -2.58. The molecule has 4 heterocycles. The summed E-state index contributed by atoms with van der Waals surface area (Å²) in [6.45, 7) is 4.46. The van der Waals surface area contributed by atoms with E-state index in [1.807, 2.05) is 29.2 Å². The first-order valence-electron chi connectivity index (χ1n) is 8.87. The van der Waals surface area contributed by atoms with E-state index in [-0.39, 0.29) is 12.1 Å². The number of rotatable bonds is 6. The fourth-order valence-electron chi connectivity index (χ4n) is 3.52. The summed E-state index contributed by atoms with van der Waals surface area (Å²) < 4.78 is 7.56. The topological polar surface area (TPSA) is 84.8 Å². The molecule has 3 aromatic heterocycles. The summed E-state index contributed by atoms with van der Waals surface area (Å²) in [4.78, 5) is 19.1. The highest BCUT2D eigenvalue weighted by Gasteiger charge is 2.35. The van der Waals surface area contributed by atoms with Crippen molar-refractivity contribution in [2.45, 2.75) is 38.6 Å². The normalized spacial score (nSPS) is 20.7. The number of ether oxygens (including phenoxy) is 1. The van der Waals surface area contributed by atoms with Gasteiger partial charge in [0, 0.05) is 38.2 Å². The molecule has 4 rings (SSSR count). The summed E-state index contributed by atoms with van der Waals surface area (Å²) in [5, 5.41) is 4.27. The highest BCUT2D eigenvalue weighted by Crippen LogP contribution is 2.33. The van der Waals surface area contributed by atoms with Gasteiger partial charge in [0.25, 0.3) is 0 Å². The molecule has 2 atom stereocenters. The fourth-order valence-corrected chi connectivity index (χ4v) is 3.52. The number of nitrogens with one attached hydrogen (secondary N) is 1. The van der Waals surface area contributed by atoms with Crippen molar-refractivity contribution >= 4 is 0 Å². The Kier molecular flexibility index (Phi) is 4.77. The minimum Gasteiger partial charge on any atom is -0.380 e. The van der Waals surface area contributed by atoms with Gasteiger partial charge in [0.15, 0.2) is 0 Å². The Morgan fingerprint density at radius 2 is 2.23 bits per heavy atom. The number of methoxy groups -OCH3 is 1. The van der Waals surface area contributed by atoms with Gasteiger partial charge in [-0.15, -0.1) is 0 Å². The molecule has 0 radical (unpaired) electrons. The van der Waals surface area contributed by atoms with E-state index < -0.39 is 0 Å². The van der Waals surface area contributed by atoms with Crippen molar-refractivity contribution in [1.29, 1.82) is 0 Å². The van der Waals surface area contributed by atoms with Gasteiger partial charge in [0.1, 0.15) is 18.0 Å². The molecule has 0 bridgehead atoms. The smallest absolute Gasteiger partial charge is 0.141 e. The summed E-state index contributed by atoms with van der Waals surface area (Å²) >= 11 is 0. The third-order valence-electron chi connectivity index (χ3n) is 4.92. The first kappa shape index (κ1) is 16.9. The van der Waals surface area contributed by atoms with Crippen LogP contribution in [-0.2, 0) is 17.8 Å². The number of pyridine rings is 1. The molecule has 0 amide bonds. The summed E-state index contributed by atoms with van der Waals surface area (Å²) in [6.07, 6.45) is 8.18. The summed E-state index contributed by atoms with van der Waals surface area (Å²) in [6, 6.07) is 4.11. The average Bonchev–Trinajstić information content (AvgIpc) is 3.42. The first-order chi connectivity index (χ1) is 12.8. The van der Waals surface area contributed by atoms with Crippen molar-refractivity contribution in [3.8, 4) is 11.3 Å². The van der Waals surface area contributed by atoms with Crippen LogP contribution in [0.25, 0.3) is 11.3 Å². The van der Waals surface area contributed by atoms with Gasteiger partial charge >= 0.3 is 0 Å². The van der Waals surface area contributed by atoms with E-state index in [4.69, 9.17) is 4.74 Å². The van der Waals surface area contributed by atoms with Crippen LogP contribution in [0.2, 0.25) is 0 Å². The first-order valence-corrected chi connectivity index (χ1v) is 8.87. The second-order valence-corrected chi connectivity index (χ2v) is 6.45. The Morgan fingerprint density at radius 1 is 1.31 bits per heavy atom. The van der Waals surface area contributed by atoms with Gasteiger partial charge in [0.05, 0.1) is 30.6 Å². The lowest BCUT2D eigenvalue weighted by Gasteiger charge is -2.22. The average molecular weight is 353 g/mol. The molecule has 0 spiro atoms. The quantitative estimate of drug-likeness (QED) is 0.730. The summed E-state index contributed by atoms with van der Waals surface area (Å²) in [5.41, 5.74) is 2.01. The second-order valence-electron chi connectivity index (χ2n) is 6.45. The highest BCUT2D eigenvalue weighted by molar-refractivity contribution is 5.56. The molecule has 136 valence electrons. The maximum atomic E-state index is 5.62. The van der Waals surface area contributed by atoms with Crippen molar-refractivity contribution in [3.05, 3.63) is 48.7 Å². The molecule has 3 aromatic rings. The SMILES string of the molecule is CCn1ncnc1CN1C[C@H](OC)C[C@H]1c1ncc(-c2cccnc2)[nH]1. The van der Waals surface area contributed by atoms with Crippen LogP contribution in [0.15, 0.2) is 37.1 Å². The molecule has 0 unspecified atom stereocenters. The van der Waals surface area contributed by atoms with Crippen LogP contribution in [0.5, 0.6) is 0 Å². The lowest BCUT2D eigenvalue weighted by atomic mass is 10.2. The van der Waals surface area contributed by atoms with E-state index in [1.54, 1.807) is 19.6 Å². The highest BCUT2D eigenvalue weighted by atomic mass is 16.5. The van der Waals surface area contributed by atoms with Gasteiger partial charge in [-0.05, 0) is 25.5 Å². The molecule has 1 aliphatic heterocycles. The Bertz CT molecular complexity index is 844. The third kappa shape index (κ3) is 3.25. The summed E-state index contributed by atoms with van der Waals surface area (Å²) in [7, 11) is 1.77. The van der Waals surface area contributed by atoms with Crippen LogP contribution >= 0.6 is 0 Å². The van der Waals surface area contributed by atoms with Gasteiger partial charge in [-0.3, -0.25) is 9.88 Å². The predicted octanol–water partition coefficient (Wildman–Crippen LogP) is 2.05. The molecular formula is C18H23N7O. The summed E-state index contributed by atoms with van der Waals surface area (Å²) in [5.74, 6) is 1.92. The molecule has 1 N–H and O–H groups in total. The standard InChI is InChI=1S/C18H23N7O/c1-3-25-17(21-12-22-25)11-24-10-14(26-2)7-16(24)18-20-9-15(23-18)13-5-4-6-19-8-13/h4-6,8-9,12,14,16H,3,7,10-11H2,1-2H3,(H,20,23)/t14-,16+/m1/s1. The molecule has 1 fully saturated rings. The van der Waals surface area contributed by atoms with Crippen LogP contribution in [0.4, 0.5) is 0 Å². The molecule has 26 heavy (non-hydrogen) atoms.